The van der Waals surface area contributed by atoms with Crippen LogP contribution in [0.15, 0.2) is 0 Å². The van der Waals surface area contributed by atoms with E-state index in [1.54, 1.807) is 0 Å². The highest BCUT2D eigenvalue weighted by Gasteiger charge is 1.95. The third-order valence-electron chi connectivity index (χ3n) is 4.35. The molecule has 138 valence electrons. The zero-order chi connectivity index (χ0) is 17.0. The predicted molar refractivity (Wildman–Crippen MR) is 99.3 cm³/mol. The minimum atomic E-state index is -0.263. The maximum atomic E-state index is 10.5. The van der Waals surface area contributed by atoms with Crippen LogP contribution in [0, 0.1) is 0 Å². The quantitative estimate of drug-likeness (QED) is 0.236. The van der Waals surface area contributed by atoms with E-state index < -0.39 is 0 Å². The lowest BCUT2D eigenvalue weighted by atomic mass is 10.0. The molecule has 0 bridgehead atoms. The maximum Gasteiger partial charge on any atom is 0.321 e. The van der Waals surface area contributed by atoms with E-state index >= 15 is 0 Å². The highest BCUT2D eigenvalue weighted by atomic mass is 16.7. The minimum Gasteiger partial charge on any atom is -0.371 e. The van der Waals surface area contributed by atoms with E-state index in [2.05, 4.69) is 17.2 Å². The van der Waals surface area contributed by atoms with Gasteiger partial charge in [-0.2, -0.15) is 5.48 Å². The zero-order valence-electron chi connectivity index (χ0n) is 15.8. The standard InChI is InChI=1S/C20H41NO2/c1-3-4-5-6-7-8-9-10-11-12-13-14-15-16-17-18-19-21-23-20(2)22/h21H,3-19H2,1-2H3. The van der Waals surface area contributed by atoms with Crippen molar-refractivity contribution in [3.63, 3.8) is 0 Å². The molecule has 0 atom stereocenters. The van der Waals surface area contributed by atoms with Crippen molar-refractivity contribution in [2.75, 3.05) is 6.54 Å². The van der Waals surface area contributed by atoms with E-state index in [0.717, 1.165) is 13.0 Å². The summed E-state index contributed by atoms with van der Waals surface area (Å²) in [5.41, 5.74) is 2.68. The van der Waals surface area contributed by atoms with E-state index in [1.165, 1.54) is 103 Å². The summed E-state index contributed by atoms with van der Waals surface area (Å²) in [4.78, 5) is 15.2. The summed E-state index contributed by atoms with van der Waals surface area (Å²) in [6.07, 6.45) is 22.1. The summed E-state index contributed by atoms with van der Waals surface area (Å²) < 4.78 is 0. The summed E-state index contributed by atoms with van der Waals surface area (Å²) in [5, 5.41) is 0. The van der Waals surface area contributed by atoms with Crippen LogP contribution in [0.25, 0.3) is 0 Å². The average Bonchev–Trinajstić information content (AvgIpc) is 2.53. The van der Waals surface area contributed by atoms with Crippen molar-refractivity contribution in [1.82, 2.24) is 5.48 Å². The van der Waals surface area contributed by atoms with Crippen LogP contribution in [0.3, 0.4) is 0 Å². The Morgan fingerprint density at radius 3 is 1.35 bits per heavy atom. The fraction of sp³-hybridized carbons (Fsp3) is 0.950. The van der Waals surface area contributed by atoms with Crippen LogP contribution in [0.4, 0.5) is 0 Å². The molecule has 0 aliphatic rings. The van der Waals surface area contributed by atoms with Gasteiger partial charge in [0, 0.05) is 13.5 Å². The molecule has 3 heteroatoms. The minimum absolute atomic E-state index is 0.263. The number of hydrogen-bond acceptors (Lipinski definition) is 3. The number of hydrogen-bond donors (Lipinski definition) is 1. The lowest BCUT2D eigenvalue weighted by molar-refractivity contribution is -0.148. The van der Waals surface area contributed by atoms with Crippen LogP contribution in [0.5, 0.6) is 0 Å². The molecule has 0 saturated carbocycles. The monoisotopic (exact) mass is 327 g/mol. The summed E-state index contributed by atoms with van der Waals surface area (Å²) in [6, 6.07) is 0. The van der Waals surface area contributed by atoms with Gasteiger partial charge in [-0.05, 0) is 6.42 Å². The molecule has 0 amide bonds. The fourth-order valence-corrected chi connectivity index (χ4v) is 2.90. The molecule has 0 fully saturated rings. The van der Waals surface area contributed by atoms with Gasteiger partial charge >= 0.3 is 5.97 Å². The lowest BCUT2D eigenvalue weighted by Crippen LogP contribution is -2.18. The van der Waals surface area contributed by atoms with Gasteiger partial charge in [0.25, 0.3) is 0 Å². The van der Waals surface area contributed by atoms with Crippen LogP contribution in [-0.2, 0) is 9.63 Å². The Kier molecular flexibility index (Phi) is 19.0. The van der Waals surface area contributed by atoms with Gasteiger partial charge in [-0.3, -0.25) is 4.79 Å². The summed E-state index contributed by atoms with van der Waals surface area (Å²) in [5.74, 6) is -0.263. The molecule has 0 unspecified atom stereocenters. The Hall–Kier alpha value is -0.570. The van der Waals surface area contributed by atoms with Crippen molar-refractivity contribution < 1.29 is 9.63 Å². The number of hydroxylamine groups is 1. The lowest BCUT2D eigenvalue weighted by Gasteiger charge is -2.04. The van der Waals surface area contributed by atoms with Gasteiger partial charge in [-0.25, -0.2) is 0 Å². The molecular formula is C20H41NO2. The van der Waals surface area contributed by atoms with Crippen LogP contribution in [0.2, 0.25) is 0 Å². The topological polar surface area (TPSA) is 38.3 Å². The van der Waals surface area contributed by atoms with Gasteiger partial charge in [0.1, 0.15) is 0 Å². The van der Waals surface area contributed by atoms with Crippen LogP contribution in [0.1, 0.15) is 117 Å². The van der Waals surface area contributed by atoms with Crippen LogP contribution >= 0.6 is 0 Å². The first-order valence-electron chi connectivity index (χ1n) is 10.2. The highest BCUT2D eigenvalue weighted by Crippen LogP contribution is 2.13. The number of carbonyl (C=O) groups excluding carboxylic acids is 1. The summed E-state index contributed by atoms with van der Waals surface area (Å²) >= 11 is 0. The van der Waals surface area contributed by atoms with E-state index in [1.807, 2.05) is 0 Å². The molecule has 1 N–H and O–H groups in total. The van der Waals surface area contributed by atoms with Gasteiger partial charge in [-0.1, -0.05) is 103 Å². The van der Waals surface area contributed by atoms with Crippen molar-refractivity contribution in [2.45, 2.75) is 117 Å². The molecule has 0 rings (SSSR count). The Bertz CT molecular complexity index is 244. The smallest absolute Gasteiger partial charge is 0.321 e. The second kappa shape index (κ2) is 19.5. The Labute approximate surface area is 144 Å². The molecule has 0 aromatic heterocycles. The molecule has 0 spiro atoms. The first-order valence-corrected chi connectivity index (χ1v) is 10.2. The molecule has 0 aliphatic carbocycles. The van der Waals surface area contributed by atoms with E-state index in [4.69, 9.17) is 0 Å². The van der Waals surface area contributed by atoms with Crippen molar-refractivity contribution in [3.8, 4) is 0 Å². The number of carbonyl (C=O) groups is 1. The molecule has 0 saturated heterocycles. The Morgan fingerprint density at radius 2 is 1.00 bits per heavy atom. The largest absolute Gasteiger partial charge is 0.371 e. The third kappa shape index (κ3) is 21.4. The molecule has 0 aromatic carbocycles. The molecular weight excluding hydrogens is 286 g/mol. The average molecular weight is 328 g/mol. The molecule has 3 nitrogen and oxygen atoms in total. The van der Waals surface area contributed by atoms with Gasteiger partial charge in [0.2, 0.25) is 0 Å². The van der Waals surface area contributed by atoms with E-state index in [0.29, 0.717) is 0 Å². The molecule has 0 radical (unpaired) electrons. The number of rotatable bonds is 18. The highest BCUT2D eigenvalue weighted by molar-refractivity contribution is 5.65. The molecule has 0 aliphatic heterocycles. The van der Waals surface area contributed by atoms with Crippen LogP contribution in [-0.4, -0.2) is 12.5 Å². The summed E-state index contributed by atoms with van der Waals surface area (Å²) in [6.45, 7) is 4.47. The molecule has 23 heavy (non-hydrogen) atoms. The van der Waals surface area contributed by atoms with E-state index in [9.17, 15) is 4.79 Å². The first kappa shape index (κ1) is 22.4. The fourth-order valence-electron chi connectivity index (χ4n) is 2.90. The van der Waals surface area contributed by atoms with Crippen molar-refractivity contribution in [3.05, 3.63) is 0 Å². The van der Waals surface area contributed by atoms with Gasteiger partial charge < -0.3 is 4.84 Å². The van der Waals surface area contributed by atoms with Crippen molar-refractivity contribution in [2.24, 2.45) is 0 Å². The normalized spacial score (nSPS) is 10.9. The number of unbranched alkanes of at least 4 members (excludes halogenated alkanes) is 15. The van der Waals surface area contributed by atoms with Gasteiger partial charge in [-0.15, -0.1) is 0 Å². The van der Waals surface area contributed by atoms with Gasteiger partial charge in [0.05, 0.1) is 0 Å². The zero-order valence-corrected chi connectivity index (χ0v) is 15.8. The number of nitrogens with one attached hydrogen (secondary N) is 1. The second-order valence-electron chi connectivity index (χ2n) is 6.79. The summed E-state index contributed by atoms with van der Waals surface area (Å²) in [7, 11) is 0. The third-order valence-corrected chi connectivity index (χ3v) is 4.35. The van der Waals surface area contributed by atoms with E-state index in [-0.39, 0.29) is 5.97 Å². The SMILES string of the molecule is CCCCCCCCCCCCCCCCCCNOC(C)=O. The van der Waals surface area contributed by atoms with Crippen molar-refractivity contribution in [1.29, 1.82) is 0 Å². The van der Waals surface area contributed by atoms with Crippen LogP contribution < -0.4 is 5.48 Å². The first-order chi connectivity index (χ1) is 11.3. The van der Waals surface area contributed by atoms with Gasteiger partial charge in [0.15, 0.2) is 0 Å². The Balaban J connectivity index is 2.96. The second-order valence-corrected chi connectivity index (χ2v) is 6.79. The molecule has 0 aromatic rings. The van der Waals surface area contributed by atoms with Crippen molar-refractivity contribution >= 4 is 5.97 Å². The maximum absolute atomic E-state index is 10.5. The predicted octanol–water partition coefficient (Wildman–Crippen LogP) is 6.32. The Morgan fingerprint density at radius 1 is 0.652 bits per heavy atom. The molecule has 0 heterocycles.